The molecule has 0 bridgehead atoms. The second kappa shape index (κ2) is 7.09. The van der Waals surface area contributed by atoms with Gasteiger partial charge in [-0.2, -0.15) is 8.42 Å². The minimum Gasteiger partial charge on any atom is -0.326 e. The number of aryl methyl sites for hydroxylation is 1. The van der Waals surface area contributed by atoms with Crippen LogP contribution in [0.3, 0.4) is 0 Å². The van der Waals surface area contributed by atoms with Gasteiger partial charge in [0.25, 0.3) is 10.0 Å². The van der Waals surface area contributed by atoms with E-state index in [1.54, 1.807) is 26.0 Å². The van der Waals surface area contributed by atoms with Gasteiger partial charge in [0.05, 0.1) is 4.90 Å². The van der Waals surface area contributed by atoms with E-state index in [-0.39, 0.29) is 10.8 Å². The van der Waals surface area contributed by atoms with E-state index in [9.17, 15) is 13.2 Å². The van der Waals surface area contributed by atoms with Crippen molar-refractivity contribution in [3.05, 3.63) is 60.4 Å². The van der Waals surface area contributed by atoms with Crippen LogP contribution in [0, 0.1) is 6.92 Å². The van der Waals surface area contributed by atoms with E-state index < -0.39 is 10.0 Å². The Morgan fingerprint density at radius 3 is 2.54 bits per heavy atom. The zero-order valence-electron chi connectivity index (χ0n) is 14.4. The molecule has 0 unspecified atom stereocenters. The summed E-state index contributed by atoms with van der Waals surface area (Å²) in [6.07, 6.45) is 1.53. The molecule has 1 N–H and O–H groups in total. The number of anilines is 1. The van der Waals surface area contributed by atoms with Crippen LogP contribution in [0.1, 0.15) is 18.9 Å². The fourth-order valence-corrected chi connectivity index (χ4v) is 3.71. The van der Waals surface area contributed by atoms with Crippen LogP contribution < -0.4 is 5.32 Å². The molecule has 1 heterocycles. The van der Waals surface area contributed by atoms with E-state index in [1.807, 2.05) is 30.3 Å². The third-order valence-electron chi connectivity index (χ3n) is 3.81. The molecule has 1 aromatic heterocycles. The summed E-state index contributed by atoms with van der Waals surface area (Å²) in [6.45, 7) is 3.42. The van der Waals surface area contributed by atoms with E-state index in [1.165, 1.54) is 12.4 Å². The summed E-state index contributed by atoms with van der Waals surface area (Å²) in [5.74, 6) is 0.197. The Morgan fingerprint density at radius 2 is 1.88 bits per heavy atom. The molecule has 0 saturated carbocycles. The molecule has 0 radical (unpaired) electrons. The van der Waals surface area contributed by atoms with Crippen LogP contribution in [0.5, 0.6) is 0 Å². The molecular formula is C18H18N4O3S. The maximum absolute atomic E-state index is 12.9. The van der Waals surface area contributed by atoms with Crippen molar-refractivity contribution in [3.8, 4) is 11.4 Å². The van der Waals surface area contributed by atoms with Gasteiger partial charge in [0, 0.05) is 17.7 Å². The molecule has 0 spiro atoms. The van der Waals surface area contributed by atoms with Crippen LogP contribution in [0.25, 0.3) is 11.4 Å². The molecule has 134 valence electrons. The molecule has 0 fully saturated rings. The first kappa shape index (κ1) is 17.8. The number of nitrogens with one attached hydrogen (secondary N) is 1. The lowest BCUT2D eigenvalue weighted by Crippen LogP contribution is -2.16. The summed E-state index contributed by atoms with van der Waals surface area (Å²) in [7, 11) is -3.88. The highest BCUT2D eigenvalue weighted by molar-refractivity contribution is 7.89. The summed E-state index contributed by atoms with van der Waals surface area (Å²) in [5, 5.41) is 6.81. The molecular weight excluding hydrogens is 352 g/mol. The summed E-state index contributed by atoms with van der Waals surface area (Å²) in [6, 6.07) is 13.8. The lowest BCUT2D eigenvalue weighted by Gasteiger charge is -2.10. The third-order valence-corrected chi connectivity index (χ3v) is 5.49. The number of benzene rings is 2. The summed E-state index contributed by atoms with van der Waals surface area (Å²) in [4.78, 5) is 15.7. The Labute approximate surface area is 151 Å². The summed E-state index contributed by atoms with van der Waals surface area (Å²) in [5.41, 5.74) is 1.79. The molecule has 0 atom stereocenters. The fraction of sp³-hybridized carbons (Fsp3) is 0.167. The largest absolute Gasteiger partial charge is 0.326 e. The number of hydrogen-bond acceptors (Lipinski definition) is 5. The molecule has 3 rings (SSSR count). The molecule has 1 amide bonds. The van der Waals surface area contributed by atoms with E-state index >= 15 is 0 Å². The Bertz CT molecular complexity index is 1040. The number of nitrogens with zero attached hydrogens (tertiary/aromatic N) is 3. The Morgan fingerprint density at radius 1 is 1.15 bits per heavy atom. The van der Waals surface area contributed by atoms with Crippen LogP contribution in [0.4, 0.5) is 5.69 Å². The van der Waals surface area contributed by atoms with Gasteiger partial charge < -0.3 is 5.32 Å². The summed E-state index contributed by atoms with van der Waals surface area (Å²) < 4.78 is 26.6. The first-order chi connectivity index (χ1) is 12.4. The predicted octanol–water partition coefficient (Wildman–Crippen LogP) is 2.84. The topological polar surface area (TPSA) is 94.0 Å². The minimum absolute atomic E-state index is 0.108. The summed E-state index contributed by atoms with van der Waals surface area (Å²) >= 11 is 0. The quantitative estimate of drug-likeness (QED) is 0.745. The highest BCUT2D eigenvalue weighted by Crippen LogP contribution is 2.22. The second-order valence-corrected chi connectivity index (χ2v) is 7.46. The maximum atomic E-state index is 12.9. The second-order valence-electron chi connectivity index (χ2n) is 5.69. The number of aromatic nitrogens is 3. The Kier molecular flexibility index (Phi) is 4.85. The molecule has 2 aromatic carbocycles. The van der Waals surface area contributed by atoms with Gasteiger partial charge in [0.15, 0.2) is 5.82 Å². The molecule has 0 aliphatic heterocycles. The van der Waals surface area contributed by atoms with Gasteiger partial charge in [0.1, 0.15) is 6.33 Å². The maximum Gasteiger partial charge on any atom is 0.284 e. The lowest BCUT2D eigenvalue weighted by molar-refractivity contribution is -0.115. The first-order valence-electron chi connectivity index (χ1n) is 8.05. The molecule has 3 aromatic rings. The Balaban J connectivity index is 1.94. The van der Waals surface area contributed by atoms with Crippen LogP contribution in [0.15, 0.2) is 59.8 Å². The van der Waals surface area contributed by atoms with Gasteiger partial charge in [-0.3, -0.25) is 4.79 Å². The molecule has 0 aliphatic rings. The van der Waals surface area contributed by atoms with Crippen molar-refractivity contribution >= 4 is 21.6 Å². The molecule has 0 aliphatic carbocycles. The van der Waals surface area contributed by atoms with Crippen molar-refractivity contribution in [3.63, 3.8) is 0 Å². The van der Waals surface area contributed by atoms with Crippen molar-refractivity contribution in [1.82, 2.24) is 14.2 Å². The normalized spacial score (nSPS) is 11.3. The lowest BCUT2D eigenvalue weighted by atomic mass is 10.2. The van der Waals surface area contributed by atoms with E-state index in [0.717, 1.165) is 9.65 Å². The highest BCUT2D eigenvalue weighted by atomic mass is 32.2. The van der Waals surface area contributed by atoms with Gasteiger partial charge >= 0.3 is 0 Å². The van der Waals surface area contributed by atoms with E-state index in [2.05, 4.69) is 15.4 Å². The van der Waals surface area contributed by atoms with Crippen molar-refractivity contribution in [2.75, 3.05) is 5.32 Å². The molecule has 0 saturated heterocycles. The molecule has 8 heteroatoms. The van der Waals surface area contributed by atoms with E-state index in [4.69, 9.17) is 0 Å². The van der Waals surface area contributed by atoms with Crippen molar-refractivity contribution in [2.24, 2.45) is 0 Å². The number of carbonyl (C=O) groups excluding carboxylic acids is 1. The van der Waals surface area contributed by atoms with Crippen LogP contribution in [-0.4, -0.2) is 28.5 Å². The monoisotopic (exact) mass is 370 g/mol. The fourth-order valence-electron chi connectivity index (χ4n) is 2.45. The van der Waals surface area contributed by atoms with Gasteiger partial charge in [-0.25, -0.2) is 4.98 Å². The van der Waals surface area contributed by atoms with Gasteiger partial charge in [-0.15, -0.1) is 9.19 Å². The zero-order valence-corrected chi connectivity index (χ0v) is 15.2. The third kappa shape index (κ3) is 3.50. The van der Waals surface area contributed by atoms with Crippen LogP contribution in [0.2, 0.25) is 0 Å². The predicted molar refractivity (Wildman–Crippen MR) is 98.1 cm³/mol. The van der Waals surface area contributed by atoms with Gasteiger partial charge in [0.2, 0.25) is 5.91 Å². The van der Waals surface area contributed by atoms with Crippen LogP contribution in [-0.2, 0) is 14.8 Å². The van der Waals surface area contributed by atoms with Crippen molar-refractivity contribution < 1.29 is 13.2 Å². The minimum atomic E-state index is -3.88. The SMILES string of the molecule is CCC(=O)Nc1ccc(S(=O)(=O)n2cnc(-c3ccccc3)n2)c(C)c1. The average molecular weight is 370 g/mol. The average Bonchev–Trinajstić information content (AvgIpc) is 3.13. The number of carbonyl (C=O) groups is 1. The smallest absolute Gasteiger partial charge is 0.284 e. The van der Waals surface area contributed by atoms with E-state index in [0.29, 0.717) is 23.5 Å². The number of hydrogen-bond donors (Lipinski definition) is 1. The molecule has 26 heavy (non-hydrogen) atoms. The number of amides is 1. The molecule has 7 nitrogen and oxygen atoms in total. The van der Waals surface area contributed by atoms with Crippen molar-refractivity contribution in [2.45, 2.75) is 25.2 Å². The van der Waals surface area contributed by atoms with Gasteiger partial charge in [-0.1, -0.05) is 37.3 Å². The van der Waals surface area contributed by atoms with Crippen LogP contribution >= 0.6 is 0 Å². The first-order valence-corrected chi connectivity index (χ1v) is 9.49. The highest BCUT2D eigenvalue weighted by Gasteiger charge is 2.22. The number of rotatable bonds is 5. The Hall–Kier alpha value is -3.00. The van der Waals surface area contributed by atoms with Crippen molar-refractivity contribution in [1.29, 1.82) is 0 Å². The zero-order chi connectivity index (χ0) is 18.7. The van der Waals surface area contributed by atoms with Gasteiger partial charge in [-0.05, 0) is 30.7 Å². The standard InChI is InChI=1S/C18H18N4O3S/c1-3-17(23)20-15-9-10-16(13(2)11-15)26(24,25)22-12-19-18(21-22)14-7-5-4-6-8-14/h4-12H,3H2,1-2H3,(H,20,23).